The van der Waals surface area contributed by atoms with E-state index < -0.39 is 28.2 Å². The quantitative estimate of drug-likeness (QED) is 0.548. The van der Waals surface area contributed by atoms with Crippen LogP contribution in [0.2, 0.25) is 0 Å². The first-order chi connectivity index (χ1) is 15.7. The number of nitrogens with zero attached hydrogens (tertiary/aromatic N) is 3. The van der Waals surface area contributed by atoms with Gasteiger partial charge in [-0.3, -0.25) is 9.59 Å². The largest absolute Gasteiger partial charge is 0.356 e. The molecule has 1 spiro atoms. The molecule has 0 bridgehead atoms. The molecule has 1 aromatic heterocycles. The minimum atomic E-state index is -1.74. The van der Waals surface area contributed by atoms with Gasteiger partial charge in [0.1, 0.15) is 0 Å². The zero-order chi connectivity index (χ0) is 23.3. The van der Waals surface area contributed by atoms with E-state index in [2.05, 4.69) is 21.2 Å². The molecule has 2 aliphatic heterocycles. The fourth-order valence-electron chi connectivity index (χ4n) is 5.47. The number of hydrogen-bond acceptors (Lipinski definition) is 4. The number of anilines is 1. The maximum Gasteiger partial charge on any atom is 0.356 e. The Kier molecular flexibility index (Phi) is 3.86. The Morgan fingerprint density at radius 3 is 2.39 bits per heavy atom. The minimum Gasteiger partial charge on any atom is -0.323 e. The normalized spacial score (nSPS) is 22.4. The summed E-state index contributed by atoms with van der Waals surface area (Å²) in [4.78, 5) is 54.8. The minimum absolute atomic E-state index is 0.214. The first-order valence-electron chi connectivity index (χ1n) is 10.6. The molecule has 0 radical (unpaired) electrons. The molecule has 1 atom stereocenters. The molecule has 1 unspecified atom stereocenters. The summed E-state index contributed by atoms with van der Waals surface area (Å²) in [6.45, 7) is 3.89. The highest BCUT2D eigenvalue weighted by atomic mass is 79.9. The van der Waals surface area contributed by atoms with Crippen molar-refractivity contribution >= 4 is 39.0 Å². The first kappa shape index (κ1) is 20.2. The zero-order valence-electron chi connectivity index (χ0n) is 17.9. The van der Waals surface area contributed by atoms with Crippen LogP contribution in [-0.4, -0.2) is 25.6 Å². The number of benzene rings is 2. The number of fused-ring (bicyclic) bond motifs is 6. The summed E-state index contributed by atoms with van der Waals surface area (Å²) < 4.78 is 4.18. The molecule has 6 rings (SSSR count). The number of ketones is 1. The highest BCUT2D eigenvalue weighted by Crippen LogP contribution is 2.54. The van der Waals surface area contributed by atoms with Crippen LogP contribution in [0.5, 0.6) is 0 Å². The highest BCUT2D eigenvalue weighted by molar-refractivity contribution is 9.10. The van der Waals surface area contributed by atoms with E-state index in [9.17, 15) is 19.2 Å². The van der Waals surface area contributed by atoms with Gasteiger partial charge in [0.15, 0.2) is 5.78 Å². The number of allylic oxidation sites excluding steroid dienone is 1. The molecule has 33 heavy (non-hydrogen) atoms. The highest BCUT2D eigenvalue weighted by Gasteiger charge is 2.62. The summed E-state index contributed by atoms with van der Waals surface area (Å²) in [6.07, 6.45) is 0.598. The molecule has 8 nitrogen and oxygen atoms in total. The number of rotatable bonds is 1. The summed E-state index contributed by atoms with van der Waals surface area (Å²) in [5.74, 6) is -0.750. The number of carbonyl (C=O) groups is 2. The molecule has 0 saturated carbocycles. The molecule has 1 N–H and O–H groups in total. The van der Waals surface area contributed by atoms with Crippen LogP contribution in [-0.2, 0) is 15.1 Å². The molecule has 166 valence electrons. The Morgan fingerprint density at radius 2 is 1.67 bits per heavy atom. The van der Waals surface area contributed by atoms with Crippen LogP contribution in [0.4, 0.5) is 5.69 Å². The van der Waals surface area contributed by atoms with Crippen molar-refractivity contribution in [3.63, 3.8) is 0 Å². The molecule has 3 aromatic rings. The molecule has 3 aliphatic rings. The van der Waals surface area contributed by atoms with Crippen molar-refractivity contribution in [3.8, 4) is 5.69 Å². The fraction of sp³-hybridized carbons (Fsp3) is 0.250. The smallest absolute Gasteiger partial charge is 0.323 e. The van der Waals surface area contributed by atoms with Gasteiger partial charge in [-0.2, -0.15) is 4.68 Å². The Hall–Kier alpha value is -3.46. The standard InChI is InChI=1S/C24H19BrN4O4/c1-23(2)11-17-19(18(30)12-23)24(15-10-13(25)8-9-16(15)26-20(24)31)29-22(33)27(21(32)28(17)29)14-6-4-3-5-7-14/h3-10H,11-12H2,1-2H3,(H,26,31). The Balaban J connectivity index is 1.80. The summed E-state index contributed by atoms with van der Waals surface area (Å²) in [5.41, 5.74) is -1.43. The van der Waals surface area contributed by atoms with Gasteiger partial charge in [0.2, 0.25) is 5.54 Å². The number of Topliss-reactive ketones (excluding diaryl/α,β-unsaturated/α-hetero) is 1. The number of amides is 1. The molecule has 9 heteroatoms. The van der Waals surface area contributed by atoms with Gasteiger partial charge in [0.25, 0.3) is 5.91 Å². The number of aromatic nitrogens is 3. The molecule has 3 heterocycles. The third-order valence-corrected chi connectivity index (χ3v) is 7.19. The zero-order valence-corrected chi connectivity index (χ0v) is 19.5. The van der Waals surface area contributed by atoms with E-state index in [1.54, 1.807) is 48.5 Å². The molecule has 1 aliphatic carbocycles. The van der Waals surface area contributed by atoms with Crippen LogP contribution < -0.4 is 16.7 Å². The van der Waals surface area contributed by atoms with Crippen LogP contribution in [0.3, 0.4) is 0 Å². The van der Waals surface area contributed by atoms with Gasteiger partial charge >= 0.3 is 11.4 Å². The van der Waals surface area contributed by atoms with Gasteiger partial charge in [0, 0.05) is 22.1 Å². The van der Waals surface area contributed by atoms with Gasteiger partial charge in [-0.1, -0.05) is 48.0 Å². The van der Waals surface area contributed by atoms with Gasteiger partial charge < -0.3 is 5.32 Å². The first-order valence-corrected chi connectivity index (χ1v) is 11.4. The van der Waals surface area contributed by atoms with Crippen molar-refractivity contribution in [1.82, 2.24) is 13.9 Å². The van der Waals surface area contributed by atoms with Gasteiger partial charge in [-0.15, -0.1) is 0 Å². The van der Waals surface area contributed by atoms with Crippen molar-refractivity contribution in [2.45, 2.75) is 32.2 Å². The fourth-order valence-corrected chi connectivity index (χ4v) is 5.83. The predicted molar refractivity (Wildman–Crippen MR) is 125 cm³/mol. The van der Waals surface area contributed by atoms with E-state index >= 15 is 0 Å². The lowest BCUT2D eigenvalue weighted by molar-refractivity contribution is -0.125. The third-order valence-electron chi connectivity index (χ3n) is 6.70. The van der Waals surface area contributed by atoms with Crippen molar-refractivity contribution < 1.29 is 9.59 Å². The maximum atomic E-state index is 13.9. The average Bonchev–Trinajstić information content (AvgIpc) is 3.31. The van der Waals surface area contributed by atoms with E-state index in [4.69, 9.17) is 0 Å². The summed E-state index contributed by atoms with van der Waals surface area (Å²) in [7, 11) is 0. The van der Waals surface area contributed by atoms with Crippen LogP contribution in [0, 0.1) is 5.41 Å². The second kappa shape index (κ2) is 6.32. The second-order valence-electron chi connectivity index (χ2n) is 9.48. The van der Waals surface area contributed by atoms with Crippen molar-refractivity contribution in [1.29, 1.82) is 0 Å². The molecule has 2 aromatic carbocycles. The van der Waals surface area contributed by atoms with E-state index in [1.807, 2.05) is 13.8 Å². The van der Waals surface area contributed by atoms with Crippen molar-refractivity contribution in [2.75, 3.05) is 5.32 Å². The van der Waals surface area contributed by atoms with Crippen molar-refractivity contribution in [3.05, 3.63) is 85.1 Å². The number of para-hydroxylation sites is 1. The van der Waals surface area contributed by atoms with Crippen LogP contribution >= 0.6 is 15.9 Å². The Bertz CT molecular complexity index is 1560. The molecule has 0 fully saturated rings. The maximum absolute atomic E-state index is 13.9. The van der Waals surface area contributed by atoms with Crippen molar-refractivity contribution in [2.24, 2.45) is 5.41 Å². The lowest BCUT2D eigenvalue weighted by atomic mass is 9.70. The lowest BCUT2D eigenvalue weighted by Crippen LogP contribution is -2.50. The van der Waals surface area contributed by atoms with Crippen LogP contribution in [0.15, 0.2) is 68.2 Å². The molecular weight excluding hydrogens is 488 g/mol. The average molecular weight is 507 g/mol. The summed E-state index contributed by atoms with van der Waals surface area (Å²) >= 11 is 3.45. The number of carbonyl (C=O) groups excluding carboxylic acids is 2. The van der Waals surface area contributed by atoms with E-state index in [0.717, 1.165) is 4.57 Å². The van der Waals surface area contributed by atoms with Crippen LogP contribution in [0.1, 0.15) is 32.3 Å². The number of nitrogens with one attached hydrogen (secondary N) is 1. The SMILES string of the molecule is CC1(C)CC(=O)C2=C(C1)n1c(=O)n(-c3ccccc3)c(=O)n1C21C(=O)Nc2ccc(Br)cc21. The number of hydrogen-bond donors (Lipinski definition) is 1. The van der Waals surface area contributed by atoms with Gasteiger partial charge in [-0.25, -0.2) is 18.8 Å². The molecular formula is C24H19BrN4O4. The lowest BCUT2D eigenvalue weighted by Gasteiger charge is -2.32. The topological polar surface area (TPSA) is 95.1 Å². The Labute approximate surface area is 196 Å². The van der Waals surface area contributed by atoms with E-state index in [0.29, 0.717) is 33.5 Å². The monoisotopic (exact) mass is 506 g/mol. The second-order valence-corrected chi connectivity index (χ2v) is 10.4. The predicted octanol–water partition coefficient (Wildman–Crippen LogP) is 2.87. The molecule has 0 saturated heterocycles. The third kappa shape index (κ3) is 2.40. The number of halogens is 1. The summed E-state index contributed by atoms with van der Waals surface area (Å²) in [6, 6.07) is 13.8. The molecule has 1 amide bonds. The van der Waals surface area contributed by atoms with Crippen LogP contribution in [0.25, 0.3) is 11.4 Å². The van der Waals surface area contributed by atoms with Gasteiger partial charge in [-0.05, 0) is 42.2 Å². The van der Waals surface area contributed by atoms with E-state index in [-0.39, 0.29) is 17.8 Å². The Morgan fingerprint density at radius 1 is 0.939 bits per heavy atom. The summed E-state index contributed by atoms with van der Waals surface area (Å²) in [5, 5.41) is 2.84. The van der Waals surface area contributed by atoms with Gasteiger partial charge in [0.05, 0.1) is 17.0 Å². The van der Waals surface area contributed by atoms with E-state index in [1.165, 1.54) is 9.36 Å².